The Hall–Kier alpha value is -3.89. The smallest absolute Gasteiger partial charge is 0.257 e. The van der Waals surface area contributed by atoms with E-state index < -0.39 is 10.0 Å². The Labute approximate surface area is 223 Å². The number of hydrogen-bond acceptors (Lipinski definition) is 6. The van der Waals surface area contributed by atoms with Crippen LogP contribution in [0.15, 0.2) is 70.4 Å². The van der Waals surface area contributed by atoms with Gasteiger partial charge in [-0.2, -0.15) is 4.31 Å². The maximum atomic E-state index is 13.3. The second kappa shape index (κ2) is 10.8. The zero-order valence-corrected chi connectivity index (χ0v) is 23.2. The lowest BCUT2D eigenvalue weighted by Gasteiger charge is -2.20. The molecule has 0 aliphatic carbocycles. The fourth-order valence-corrected chi connectivity index (χ4v) is 5.98. The van der Waals surface area contributed by atoms with E-state index in [0.717, 1.165) is 17.0 Å². The van der Waals surface area contributed by atoms with Crippen LogP contribution in [0.2, 0.25) is 0 Å². The van der Waals surface area contributed by atoms with Crippen molar-refractivity contribution in [2.24, 2.45) is 7.05 Å². The summed E-state index contributed by atoms with van der Waals surface area (Å²) in [5.74, 6) is 1.62. The van der Waals surface area contributed by atoms with E-state index in [1.807, 2.05) is 42.1 Å². The van der Waals surface area contributed by atoms with Gasteiger partial charge in [0.15, 0.2) is 0 Å². The van der Waals surface area contributed by atoms with Crippen LogP contribution in [0.25, 0.3) is 11.4 Å². The van der Waals surface area contributed by atoms with Crippen LogP contribution < -0.4 is 4.74 Å². The van der Waals surface area contributed by atoms with Gasteiger partial charge >= 0.3 is 0 Å². The van der Waals surface area contributed by atoms with Crippen molar-refractivity contribution < 1.29 is 22.4 Å². The number of sulfonamides is 1. The largest absolute Gasteiger partial charge is 0.497 e. The third-order valence-electron chi connectivity index (χ3n) is 6.42. The molecule has 0 atom stereocenters. The molecule has 2 aromatic heterocycles. The van der Waals surface area contributed by atoms with Gasteiger partial charge in [-0.3, -0.25) is 4.79 Å². The quantitative estimate of drug-likeness (QED) is 0.315. The Kier molecular flexibility index (Phi) is 7.75. The van der Waals surface area contributed by atoms with Crippen LogP contribution in [-0.4, -0.2) is 54.3 Å². The van der Waals surface area contributed by atoms with Gasteiger partial charge in [0, 0.05) is 45.6 Å². The van der Waals surface area contributed by atoms with E-state index in [1.165, 1.54) is 17.6 Å². The number of nitrogens with zero attached hydrogens (tertiary/aromatic N) is 4. The van der Waals surface area contributed by atoms with Gasteiger partial charge in [0.1, 0.15) is 23.6 Å². The zero-order chi connectivity index (χ0) is 27.6. The summed E-state index contributed by atoms with van der Waals surface area (Å²) in [6, 6.07) is 12.9. The van der Waals surface area contributed by atoms with Crippen LogP contribution >= 0.6 is 0 Å². The molecule has 38 heavy (non-hydrogen) atoms. The lowest BCUT2D eigenvalue weighted by molar-refractivity contribution is 0.0784. The van der Waals surface area contributed by atoms with Crippen LogP contribution in [0.1, 0.15) is 32.8 Å². The predicted octanol–water partition coefficient (Wildman–Crippen LogP) is 4.40. The monoisotopic (exact) mass is 536 g/mol. The fourth-order valence-electron chi connectivity index (χ4n) is 4.44. The number of methoxy groups -OCH3 is 1. The second-order valence-corrected chi connectivity index (χ2v) is 11.4. The summed E-state index contributed by atoms with van der Waals surface area (Å²) >= 11 is 0. The highest BCUT2D eigenvalue weighted by atomic mass is 32.2. The molecule has 0 aliphatic heterocycles. The average Bonchev–Trinajstić information content (AvgIpc) is 3.52. The number of aryl methyl sites for hydroxylation is 3. The number of hydrogen-bond donors (Lipinski definition) is 0. The normalized spacial score (nSPS) is 11.7. The van der Waals surface area contributed by atoms with E-state index in [-0.39, 0.29) is 17.3 Å². The zero-order valence-electron chi connectivity index (χ0n) is 22.4. The summed E-state index contributed by atoms with van der Waals surface area (Å²) in [6.45, 7) is 3.87. The maximum absolute atomic E-state index is 13.3. The molecule has 0 saturated heterocycles. The molecule has 0 unspecified atom stereocenters. The fraction of sp³-hybridized carbons (Fsp3) is 0.286. The Morgan fingerprint density at radius 3 is 2.29 bits per heavy atom. The minimum absolute atomic E-state index is 0.0150. The number of benzene rings is 2. The first-order valence-electron chi connectivity index (χ1n) is 12.0. The summed E-state index contributed by atoms with van der Waals surface area (Å²) in [5, 5.41) is 0. The molecular formula is C28H32N4O5S. The molecule has 0 N–H and O–H groups in total. The number of rotatable bonds is 9. The first-order chi connectivity index (χ1) is 18.0. The average molecular weight is 537 g/mol. The van der Waals surface area contributed by atoms with Gasteiger partial charge < -0.3 is 18.6 Å². The number of imidazole rings is 1. The van der Waals surface area contributed by atoms with Crippen molar-refractivity contribution in [3.8, 4) is 17.1 Å². The lowest BCUT2D eigenvalue weighted by Crippen LogP contribution is -2.28. The Balaban J connectivity index is 1.42. The molecule has 0 saturated carbocycles. The molecule has 2 aromatic carbocycles. The van der Waals surface area contributed by atoms with Gasteiger partial charge in [-0.25, -0.2) is 13.4 Å². The summed E-state index contributed by atoms with van der Waals surface area (Å²) in [4.78, 5) is 19.2. The molecule has 1 amide bonds. The molecule has 4 rings (SSSR count). The number of furan rings is 1. The molecule has 4 aromatic rings. The number of aromatic nitrogens is 2. The lowest BCUT2D eigenvalue weighted by atomic mass is 10.1. The first kappa shape index (κ1) is 27.2. The first-order valence-corrected chi connectivity index (χ1v) is 13.5. The number of carbonyl (C=O) groups is 1. The topological polar surface area (TPSA) is 97.9 Å². The molecule has 0 bridgehead atoms. The van der Waals surface area contributed by atoms with E-state index in [0.29, 0.717) is 34.7 Å². The molecule has 10 heteroatoms. The predicted molar refractivity (Wildman–Crippen MR) is 144 cm³/mol. The highest BCUT2D eigenvalue weighted by Crippen LogP contribution is 2.28. The third kappa shape index (κ3) is 5.51. The molecule has 9 nitrogen and oxygen atoms in total. The molecular weight excluding hydrogens is 504 g/mol. The maximum Gasteiger partial charge on any atom is 0.257 e. The third-order valence-corrected chi connectivity index (χ3v) is 8.53. The van der Waals surface area contributed by atoms with Gasteiger partial charge in [-0.05, 0) is 48.7 Å². The van der Waals surface area contributed by atoms with Crippen LogP contribution in [0, 0.1) is 13.8 Å². The van der Waals surface area contributed by atoms with Gasteiger partial charge in [-0.1, -0.05) is 24.3 Å². The molecule has 0 fully saturated rings. The molecule has 200 valence electrons. The van der Waals surface area contributed by atoms with E-state index in [9.17, 15) is 13.2 Å². The minimum atomic E-state index is -3.80. The van der Waals surface area contributed by atoms with E-state index in [1.54, 1.807) is 57.3 Å². The number of amides is 1. The van der Waals surface area contributed by atoms with Crippen molar-refractivity contribution in [3.05, 3.63) is 89.1 Å². The standard InChI is InChI=1S/C28H32N4O5S/c1-19-13-24(36-6)14-20(2)26(19)38(34,35)32(5)17-25-15-23(18-37-25)28(33)31(4)16-21-7-9-22(10-8-21)27-29-11-12-30(27)3/h7-15,18H,16-17H2,1-6H3. The van der Waals surface area contributed by atoms with Crippen LogP contribution in [0.4, 0.5) is 0 Å². The van der Waals surface area contributed by atoms with Gasteiger partial charge in [0.25, 0.3) is 5.91 Å². The SMILES string of the molecule is COc1cc(C)c(S(=O)(=O)N(C)Cc2cc(C(=O)N(C)Cc3ccc(-c4nccn4C)cc3)co2)c(C)c1. The summed E-state index contributed by atoms with van der Waals surface area (Å²) in [6.07, 6.45) is 5.01. The Bertz CT molecular complexity index is 1530. The Morgan fingerprint density at radius 1 is 1.05 bits per heavy atom. The number of ether oxygens (including phenoxy) is 1. The van der Waals surface area contributed by atoms with Gasteiger partial charge in [-0.15, -0.1) is 0 Å². The molecule has 0 spiro atoms. The van der Waals surface area contributed by atoms with E-state index >= 15 is 0 Å². The number of carbonyl (C=O) groups excluding carboxylic acids is 1. The van der Waals surface area contributed by atoms with Crippen LogP contribution in [-0.2, 0) is 30.2 Å². The molecule has 0 radical (unpaired) electrons. The van der Waals surface area contributed by atoms with Crippen molar-refractivity contribution in [1.82, 2.24) is 18.8 Å². The minimum Gasteiger partial charge on any atom is -0.497 e. The van der Waals surface area contributed by atoms with Crippen LogP contribution in [0.5, 0.6) is 5.75 Å². The van der Waals surface area contributed by atoms with Gasteiger partial charge in [0.2, 0.25) is 10.0 Å². The van der Waals surface area contributed by atoms with Crippen molar-refractivity contribution in [1.29, 1.82) is 0 Å². The summed E-state index contributed by atoms with van der Waals surface area (Å²) in [7, 11) is 2.89. The van der Waals surface area contributed by atoms with Gasteiger partial charge in [0.05, 0.1) is 24.1 Å². The van der Waals surface area contributed by atoms with E-state index in [2.05, 4.69) is 4.98 Å². The highest BCUT2D eigenvalue weighted by molar-refractivity contribution is 7.89. The van der Waals surface area contributed by atoms with Crippen LogP contribution in [0.3, 0.4) is 0 Å². The summed E-state index contributed by atoms with van der Waals surface area (Å²) in [5.41, 5.74) is 3.51. The Morgan fingerprint density at radius 2 is 1.71 bits per heavy atom. The van der Waals surface area contributed by atoms with E-state index in [4.69, 9.17) is 9.15 Å². The van der Waals surface area contributed by atoms with Crippen molar-refractivity contribution in [2.75, 3.05) is 21.2 Å². The molecule has 2 heterocycles. The second-order valence-electron chi connectivity index (χ2n) is 9.37. The van der Waals surface area contributed by atoms with Crippen molar-refractivity contribution >= 4 is 15.9 Å². The highest BCUT2D eigenvalue weighted by Gasteiger charge is 2.27. The summed E-state index contributed by atoms with van der Waals surface area (Å²) < 4.78 is 40.6. The molecule has 0 aliphatic rings. The van der Waals surface area contributed by atoms with Crippen molar-refractivity contribution in [2.45, 2.75) is 31.8 Å². The van der Waals surface area contributed by atoms with Crippen molar-refractivity contribution in [3.63, 3.8) is 0 Å².